The van der Waals surface area contributed by atoms with Gasteiger partial charge in [-0.3, -0.25) is 9.69 Å². The fourth-order valence-corrected chi connectivity index (χ4v) is 2.45. The van der Waals surface area contributed by atoms with Crippen molar-refractivity contribution in [3.63, 3.8) is 0 Å². The molecule has 1 aromatic rings. The Hall–Kier alpha value is -1.35. The average Bonchev–Trinajstić information content (AvgIpc) is 2.34. The standard InChI is InChI=1S/C14H19NO2/c1-11-7-12(14(17)13(8-11)10-16)9-15-5-3-2-4-6-15/h7-8,10,17H,2-6,9H2,1H3. The fraction of sp³-hybridized carbons (Fsp3) is 0.500. The van der Waals surface area contributed by atoms with Crippen LogP contribution in [0.1, 0.15) is 40.7 Å². The summed E-state index contributed by atoms with van der Waals surface area (Å²) >= 11 is 0. The first-order chi connectivity index (χ1) is 8.20. The number of benzene rings is 1. The van der Waals surface area contributed by atoms with Crippen LogP contribution in [-0.4, -0.2) is 29.4 Å². The number of aromatic hydroxyl groups is 1. The quantitative estimate of drug-likeness (QED) is 0.815. The molecule has 0 atom stereocenters. The van der Waals surface area contributed by atoms with Crippen LogP contribution in [0.4, 0.5) is 0 Å². The highest BCUT2D eigenvalue weighted by molar-refractivity contribution is 5.80. The van der Waals surface area contributed by atoms with E-state index in [1.165, 1.54) is 19.3 Å². The van der Waals surface area contributed by atoms with E-state index in [4.69, 9.17) is 0 Å². The molecule has 0 aromatic heterocycles. The van der Waals surface area contributed by atoms with Crippen LogP contribution in [0.5, 0.6) is 5.75 Å². The number of hydrogen-bond acceptors (Lipinski definition) is 3. The van der Waals surface area contributed by atoms with Gasteiger partial charge in [0, 0.05) is 12.1 Å². The molecule has 0 saturated carbocycles. The molecule has 0 unspecified atom stereocenters. The number of carbonyl (C=O) groups excluding carboxylic acids is 1. The third-order valence-corrected chi connectivity index (χ3v) is 3.33. The number of nitrogens with zero attached hydrogens (tertiary/aromatic N) is 1. The number of likely N-dealkylation sites (tertiary alicyclic amines) is 1. The maximum absolute atomic E-state index is 10.9. The summed E-state index contributed by atoms with van der Waals surface area (Å²) < 4.78 is 0. The van der Waals surface area contributed by atoms with Gasteiger partial charge in [-0.05, 0) is 44.5 Å². The van der Waals surface area contributed by atoms with Crippen LogP contribution >= 0.6 is 0 Å². The number of phenolic OH excluding ortho intramolecular Hbond substituents is 1. The van der Waals surface area contributed by atoms with Crippen molar-refractivity contribution in [1.82, 2.24) is 4.90 Å². The van der Waals surface area contributed by atoms with Gasteiger partial charge in [-0.1, -0.05) is 12.5 Å². The second-order valence-electron chi connectivity index (χ2n) is 4.82. The number of rotatable bonds is 3. The summed E-state index contributed by atoms with van der Waals surface area (Å²) in [6, 6.07) is 3.69. The van der Waals surface area contributed by atoms with E-state index in [9.17, 15) is 9.90 Å². The van der Waals surface area contributed by atoms with E-state index in [-0.39, 0.29) is 5.75 Å². The van der Waals surface area contributed by atoms with Gasteiger partial charge >= 0.3 is 0 Å². The normalized spacial score (nSPS) is 17.0. The Balaban J connectivity index is 2.19. The molecule has 0 aliphatic carbocycles. The number of piperidine rings is 1. The minimum absolute atomic E-state index is 0.149. The summed E-state index contributed by atoms with van der Waals surface area (Å²) in [5.74, 6) is 0.149. The molecular formula is C14H19NO2. The molecule has 0 radical (unpaired) electrons. The van der Waals surface area contributed by atoms with Crippen LogP contribution in [-0.2, 0) is 6.54 Å². The summed E-state index contributed by atoms with van der Waals surface area (Å²) in [6.45, 7) is 4.87. The Kier molecular flexibility index (Phi) is 3.79. The molecular weight excluding hydrogens is 214 g/mol. The summed E-state index contributed by atoms with van der Waals surface area (Å²) in [6.07, 6.45) is 4.48. The zero-order valence-corrected chi connectivity index (χ0v) is 10.3. The Labute approximate surface area is 102 Å². The molecule has 3 heteroatoms. The van der Waals surface area contributed by atoms with E-state index in [0.29, 0.717) is 5.56 Å². The minimum Gasteiger partial charge on any atom is -0.507 e. The molecule has 0 bridgehead atoms. The number of carbonyl (C=O) groups is 1. The van der Waals surface area contributed by atoms with Gasteiger partial charge in [0.1, 0.15) is 5.75 Å². The third kappa shape index (κ3) is 2.86. The van der Waals surface area contributed by atoms with Crippen molar-refractivity contribution in [2.24, 2.45) is 0 Å². The Morgan fingerprint density at radius 3 is 2.65 bits per heavy atom. The SMILES string of the molecule is Cc1cc(C=O)c(O)c(CN2CCCCC2)c1. The van der Waals surface area contributed by atoms with Gasteiger partial charge in [0.25, 0.3) is 0 Å². The molecule has 1 saturated heterocycles. The first-order valence-electron chi connectivity index (χ1n) is 6.20. The van der Waals surface area contributed by atoms with Crippen molar-refractivity contribution in [1.29, 1.82) is 0 Å². The van der Waals surface area contributed by atoms with Gasteiger partial charge < -0.3 is 5.11 Å². The maximum Gasteiger partial charge on any atom is 0.153 e. The third-order valence-electron chi connectivity index (χ3n) is 3.33. The number of hydrogen-bond donors (Lipinski definition) is 1. The number of phenols is 1. The predicted octanol–water partition coefficient (Wildman–Crippen LogP) is 2.50. The van der Waals surface area contributed by atoms with Crippen LogP contribution in [0, 0.1) is 6.92 Å². The van der Waals surface area contributed by atoms with Crippen molar-refractivity contribution in [2.45, 2.75) is 32.7 Å². The molecule has 0 spiro atoms. The molecule has 0 amide bonds. The zero-order valence-electron chi connectivity index (χ0n) is 10.3. The molecule has 1 N–H and O–H groups in total. The summed E-state index contributed by atoms with van der Waals surface area (Å²) in [4.78, 5) is 13.2. The fourth-order valence-electron chi connectivity index (χ4n) is 2.45. The first kappa shape index (κ1) is 12.1. The number of aryl methyl sites for hydroxylation is 1. The van der Waals surface area contributed by atoms with Gasteiger partial charge in [0.05, 0.1) is 5.56 Å². The summed E-state index contributed by atoms with van der Waals surface area (Å²) in [5.41, 5.74) is 2.29. The van der Waals surface area contributed by atoms with Crippen LogP contribution in [0.15, 0.2) is 12.1 Å². The van der Waals surface area contributed by atoms with Crippen molar-refractivity contribution in [3.05, 3.63) is 28.8 Å². The zero-order chi connectivity index (χ0) is 12.3. The van der Waals surface area contributed by atoms with Crippen molar-refractivity contribution >= 4 is 6.29 Å². The van der Waals surface area contributed by atoms with Gasteiger partial charge in [-0.2, -0.15) is 0 Å². The summed E-state index contributed by atoms with van der Waals surface area (Å²) in [5, 5.41) is 9.99. The van der Waals surface area contributed by atoms with Crippen LogP contribution < -0.4 is 0 Å². The van der Waals surface area contributed by atoms with E-state index in [1.807, 2.05) is 13.0 Å². The van der Waals surface area contributed by atoms with Gasteiger partial charge in [0.15, 0.2) is 6.29 Å². The highest BCUT2D eigenvalue weighted by Gasteiger charge is 2.14. The lowest BCUT2D eigenvalue weighted by molar-refractivity contribution is 0.112. The van der Waals surface area contributed by atoms with E-state index in [0.717, 1.165) is 37.0 Å². The summed E-state index contributed by atoms with van der Waals surface area (Å²) in [7, 11) is 0. The molecule has 1 aliphatic rings. The second kappa shape index (κ2) is 5.32. The molecule has 1 heterocycles. The maximum atomic E-state index is 10.9. The van der Waals surface area contributed by atoms with Crippen molar-refractivity contribution in [2.75, 3.05) is 13.1 Å². The van der Waals surface area contributed by atoms with Crippen LogP contribution in [0.25, 0.3) is 0 Å². The molecule has 17 heavy (non-hydrogen) atoms. The van der Waals surface area contributed by atoms with Gasteiger partial charge in [-0.15, -0.1) is 0 Å². The van der Waals surface area contributed by atoms with E-state index in [1.54, 1.807) is 6.07 Å². The predicted molar refractivity (Wildman–Crippen MR) is 67.4 cm³/mol. The smallest absolute Gasteiger partial charge is 0.153 e. The van der Waals surface area contributed by atoms with E-state index in [2.05, 4.69) is 4.90 Å². The monoisotopic (exact) mass is 233 g/mol. The van der Waals surface area contributed by atoms with Gasteiger partial charge in [-0.25, -0.2) is 0 Å². The Morgan fingerprint density at radius 1 is 1.29 bits per heavy atom. The lowest BCUT2D eigenvalue weighted by Crippen LogP contribution is -2.29. The molecule has 1 fully saturated rings. The second-order valence-corrected chi connectivity index (χ2v) is 4.82. The highest BCUT2D eigenvalue weighted by Crippen LogP contribution is 2.25. The molecule has 3 nitrogen and oxygen atoms in total. The molecule has 92 valence electrons. The van der Waals surface area contributed by atoms with E-state index >= 15 is 0 Å². The first-order valence-corrected chi connectivity index (χ1v) is 6.20. The molecule has 1 aliphatic heterocycles. The Bertz CT molecular complexity index is 409. The highest BCUT2D eigenvalue weighted by atomic mass is 16.3. The lowest BCUT2D eigenvalue weighted by atomic mass is 10.0. The number of aldehydes is 1. The largest absolute Gasteiger partial charge is 0.507 e. The van der Waals surface area contributed by atoms with Crippen LogP contribution in [0.3, 0.4) is 0 Å². The average molecular weight is 233 g/mol. The van der Waals surface area contributed by atoms with Crippen LogP contribution in [0.2, 0.25) is 0 Å². The lowest BCUT2D eigenvalue weighted by Gasteiger charge is -2.27. The minimum atomic E-state index is 0.149. The van der Waals surface area contributed by atoms with Gasteiger partial charge in [0.2, 0.25) is 0 Å². The van der Waals surface area contributed by atoms with Crippen molar-refractivity contribution < 1.29 is 9.90 Å². The van der Waals surface area contributed by atoms with Crippen molar-refractivity contribution in [3.8, 4) is 5.75 Å². The van der Waals surface area contributed by atoms with E-state index < -0.39 is 0 Å². The topological polar surface area (TPSA) is 40.5 Å². The Morgan fingerprint density at radius 2 is 2.00 bits per heavy atom. The molecule has 2 rings (SSSR count). The molecule has 1 aromatic carbocycles.